The Labute approximate surface area is 115 Å². The zero-order valence-corrected chi connectivity index (χ0v) is 11.4. The fourth-order valence-corrected chi connectivity index (χ4v) is 1.56. The maximum Gasteiger partial charge on any atom is 0.322 e. The van der Waals surface area contributed by atoms with Crippen LogP contribution in [0.15, 0.2) is 18.2 Å². The third-order valence-electron chi connectivity index (χ3n) is 2.45. The number of nitrogens with zero attached hydrogens (tertiary/aromatic N) is 3. The number of nitrogens with two attached hydrogens (primary N) is 1. The number of aromatic nitrogens is 3. The summed E-state index contributed by atoms with van der Waals surface area (Å²) in [6.07, 6.45) is 0. The number of ether oxygens (including phenoxy) is 3. The predicted molar refractivity (Wildman–Crippen MR) is 73.6 cm³/mol. The van der Waals surface area contributed by atoms with Crippen molar-refractivity contribution in [2.45, 2.75) is 0 Å². The number of hydrogen-bond acceptors (Lipinski definition) is 8. The number of benzene rings is 1. The molecule has 1 heterocycles. The zero-order valence-electron chi connectivity index (χ0n) is 11.4. The Bertz CT molecular complexity index is 606. The molecule has 1 aromatic heterocycles. The van der Waals surface area contributed by atoms with Gasteiger partial charge in [0.15, 0.2) is 11.5 Å². The summed E-state index contributed by atoms with van der Waals surface area (Å²) in [5.74, 6) is 1.57. The smallest absolute Gasteiger partial charge is 0.322 e. The van der Waals surface area contributed by atoms with Crippen molar-refractivity contribution in [1.29, 1.82) is 0 Å². The van der Waals surface area contributed by atoms with Crippen molar-refractivity contribution < 1.29 is 14.2 Å². The van der Waals surface area contributed by atoms with Crippen LogP contribution in [-0.2, 0) is 0 Å². The average Bonchev–Trinajstić information content (AvgIpc) is 2.46. The number of anilines is 3. The minimum atomic E-state index is 0.0693. The lowest BCUT2D eigenvalue weighted by atomic mass is 10.3. The van der Waals surface area contributed by atoms with Gasteiger partial charge in [-0.1, -0.05) is 0 Å². The summed E-state index contributed by atoms with van der Waals surface area (Å²) >= 11 is 0. The van der Waals surface area contributed by atoms with E-state index in [0.29, 0.717) is 11.5 Å². The van der Waals surface area contributed by atoms with Gasteiger partial charge < -0.3 is 25.3 Å². The molecule has 0 aliphatic rings. The molecule has 0 saturated heterocycles. The van der Waals surface area contributed by atoms with Gasteiger partial charge in [0.05, 0.1) is 21.3 Å². The molecule has 2 aromatic rings. The van der Waals surface area contributed by atoms with Gasteiger partial charge in [0.2, 0.25) is 11.9 Å². The van der Waals surface area contributed by atoms with Gasteiger partial charge in [-0.3, -0.25) is 0 Å². The van der Waals surface area contributed by atoms with Crippen LogP contribution in [0.3, 0.4) is 0 Å². The van der Waals surface area contributed by atoms with Gasteiger partial charge in [0.25, 0.3) is 0 Å². The number of nitrogens with one attached hydrogen (secondary N) is 1. The zero-order chi connectivity index (χ0) is 14.5. The minimum absolute atomic E-state index is 0.0693. The van der Waals surface area contributed by atoms with E-state index >= 15 is 0 Å². The van der Waals surface area contributed by atoms with E-state index in [9.17, 15) is 0 Å². The molecule has 0 radical (unpaired) electrons. The summed E-state index contributed by atoms with van der Waals surface area (Å²) < 4.78 is 15.3. The third kappa shape index (κ3) is 2.97. The van der Waals surface area contributed by atoms with Crippen molar-refractivity contribution in [3.05, 3.63) is 18.2 Å². The van der Waals surface area contributed by atoms with Crippen LogP contribution >= 0.6 is 0 Å². The lowest BCUT2D eigenvalue weighted by Gasteiger charge is -2.10. The van der Waals surface area contributed by atoms with Crippen molar-refractivity contribution in [3.8, 4) is 17.5 Å². The largest absolute Gasteiger partial charge is 0.493 e. The van der Waals surface area contributed by atoms with E-state index in [2.05, 4.69) is 20.3 Å². The molecule has 2 rings (SSSR count). The lowest BCUT2D eigenvalue weighted by Crippen LogP contribution is -2.05. The Hall–Kier alpha value is -2.77. The van der Waals surface area contributed by atoms with E-state index in [1.54, 1.807) is 32.4 Å². The Morgan fingerprint density at radius 3 is 2.35 bits per heavy atom. The lowest BCUT2D eigenvalue weighted by molar-refractivity contribution is 0.355. The molecule has 3 N–H and O–H groups in total. The van der Waals surface area contributed by atoms with E-state index in [1.165, 1.54) is 7.11 Å². The summed E-state index contributed by atoms with van der Waals surface area (Å²) in [6, 6.07) is 5.46. The molecular weight excluding hydrogens is 262 g/mol. The van der Waals surface area contributed by atoms with Gasteiger partial charge in [-0.15, -0.1) is 0 Å². The first-order chi connectivity index (χ1) is 9.66. The van der Waals surface area contributed by atoms with Crippen molar-refractivity contribution >= 4 is 17.6 Å². The maximum absolute atomic E-state index is 5.56. The number of methoxy groups -OCH3 is 3. The molecular formula is C12H15N5O3. The predicted octanol–water partition coefficient (Wildman–Crippen LogP) is 1.22. The van der Waals surface area contributed by atoms with Gasteiger partial charge in [-0.2, -0.15) is 15.0 Å². The van der Waals surface area contributed by atoms with Crippen LogP contribution < -0.4 is 25.3 Å². The number of rotatable bonds is 5. The van der Waals surface area contributed by atoms with E-state index in [0.717, 1.165) is 5.69 Å². The average molecular weight is 277 g/mol. The van der Waals surface area contributed by atoms with E-state index in [-0.39, 0.29) is 17.9 Å². The summed E-state index contributed by atoms with van der Waals surface area (Å²) in [4.78, 5) is 11.8. The molecule has 0 aliphatic carbocycles. The molecule has 20 heavy (non-hydrogen) atoms. The molecule has 0 spiro atoms. The summed E-state index contributed by atoms with van der Waals surface area (Å²) in [7, 11) is 4.59. The summed E-state index contributed by atoms with van der Waals surface area (Å²) in [5, 5.41) is 2.99. The Morgan fingerprint density at radius 1 is 0.950 bits per heavy atom. The van der Waals surface area contributed by atoms with E-state index in [4.69, 9.17) is 19.9 Å². The van der Waals surface area contributed by atoms with Crippen LogP contribution in [0, 0.1) is 0 Å². The fraction of sp³-hybridized carbons (Fsp3) is 0.250. The van der Waals surface area contributed by atoms with Crippen molar-refractivity contribution in [3.63, 3.8) is 0 Å². The van der Waals surface area contributed by atoms with Gasteiger partial charge in [0.1, 0.15) is 0 Å². The van der Waals surface area contributed by atoms with Crippen LogP contribution in [-0.4, -0.2) is 36.3 Å². The second kappa shape index (κ2) is 5.91. The first-order valence-corrected chi connectivity index (χ1v) is 5.71. The van der Waals surface area contributed by atoms with Crippen molar-refractivity contribution in [2.75, 3.05) is 32.4 Å². The molecule has 0 fully saturated rings. The minimum Gasteiger partial charge on any atom is -0.493 e. The highest BCUT2D eigenvalue weighted by Gasteiger charge is 2.08. The summed E-state index contributed by atoms with van der Waals surface area (Å²) in [6.45, 7) is 0. The first-order valence-electron chi connectivity index (χ1n) is 5.71. The van der Waals surface area contributed by atoms with Crippen molar-refractivity contribution in [2.24, 2.45) is 0 Å². The molecule has 8 heteroatoms. The van der Waals surface area contributed by atoms with Crippen molar-refractivity contribution in [1.82, 2.24) is 15.0 Å². The molecule has 0 saturated carbocycles. The van der Waals surface area contributed by atoms with E-state index < -0.39 is 0 Å². The Morgan fingerprint density at radius 2 is 1.70 bits per heavy atom. The molecule has 0 unspecified atom stereocenters. The highest BCUT2D eigenvalue weighted by molar-refractivity contribution is 5.60. The van der Waals surface area contributed by atoms with Gasteiger partial charge in [-0.25, -0.2) is 0 Å². The molecule has 8 nitrogen and oxygen atoms in total. The van der Waals surface area contributed by atoms with Crippen LogP contribution in [0.2, 0.25) is 0 Å². The van der Waals surface area contributed by atoms with Gasteiger partial charge in [-0.05, 0) is 12.1 Å². The fourth-order valence-electron chi connectivity index (χ4n) is 1.56. The first kappa shape index (κ1) is 13.7. The number of nitrogen functional groups attached to an aromatic ring is 1. The molecule has 0 amide bonds. The third-order valence-corrected chi connectivity index (χ3v) is 2.45. The highest BCUT2D eigenvalue weighted by Crippen LogP contribution is 2.30. The van der Waals surface area contributed by atoms with Crippen LogP contribution in [0.4, 0.5) is 17.6 Å². The quantitative estimate of drug-likeness (QED) is 0.840. The highest BCUT2D eigenvalue weighted by atomic mass is 16.5. The van der Waals surface area contributed by atoms with Gasteiger partial charge >= 0.3 is 6.01 Å². The summed E-state index contributed by atoms with van der Waals surface area (Å²) in [5.41, 5.74) is 6.28. The Kier molecular flexibility index (Phi) is 4.04. The molecule has 0 aliphatic heterocycles. The molecule has 0 bridgehead atoms. The van der Waals surface area contributed by atoms with E-state index in [1.807, 2.05) is 0 Å². The molecule has 1 aromatic carbocycles. The number of hydrogen-bond donors (Lipinski definition) is 2. The standard InChI is InChI=1S/C12H15N5O3/c1-18-8-5-4-7(6-9(8)19-2)14-11-15-10(13)16-12(17-11)20-3/h4-6H,1-3H3,(H3,13,14,15,16,17). The topological polar surface area (TPSA) is 104 Å². The second-order valence-corrected chi connectivity index (χ2v) is 3.70. The van der Waals surface area contributed by atoms with Crippen LogP contribution in [0.5, 0.6) is 17.5 Å². The maximum atomic E-state index is 5.56. The second-order valence-electron chi connectivity index (χ2n) is 3.70. The SMILES string of the molecule is COc1nc(N)nc(Nc2ccc(OC)c(OC)c2)n1. The van der Waals surface area contributed by atoms with Gasteiger partial charge in [0, 0.05) is 11.8 Å². The van der Waals surface area contributed by atoms with Crippen LogP contribution in [0.1, 0.15) is 0 Å². The monoisotopic (exact) mass is 277 g/mol. The Balaban J connectivity index is 2.27. The molecule has 106 valence electrons. The molecule has 0 atom stereocenters. The van der Waals surface area contributed by atoms with Crippen LogP contribution in [0.25, 0.3) is 0 Å². The normalized spacial score (nSPS) is 9.95.